The molecule has 3 heteroatoms. The van der Waals surface area contributed by atoms with Crippen molar-refractivity contribution in [1.82, 2.24) is 4.98 Å². The van der Waals surface area contributed by atoms with E-state index in [1.165, 1.54) is 12.8 Å². The van der Waals surface area contributed by atoms with Gasteiger partial charge in [0.05, 0.1) is 0 Å². The molecular weight excluding hydrogens is 198 g/mol. The molecule has 3 nitrogen and oxygen atoms in total. The zero-order chi connectivity index (χ0) is 11.4. The Morgan fingerprint density at radius 2 is 2.25 bits per heavy atom. The van der Waals surface area contributed by atoms with Gasteiger partial charge in [-0.15, -0.1) is 0 Å². The van der Waals surface area contributed by atoms with Gasteiger partial charge in [-0.25, -0.2) is 4.98 Å². The van der Waals surface area contributed by atoms with E-state index in [1.54, 1.807) is 6.20 Å². The Morgan fingerprint density at radius 1 is 1.50 bits per heavy atom. The van der Waals surface area contributed by atoms with Crippen LogP contribution in [0.3, 0.4) is 0 Å². The Morgan fingerprint density at radius 3 is 2.88 bits per heavy atom. The van der Waals surface area contributed by atoms with Gasteiger partial charge >= 0.3 is 0 Å². The van der Waals surface area contributed by atoms with E-state index >= 15 is 0 Å². The molecule has 83 valence electrons. The highest BCUT2D eigenvalue weighted by atomic mass is 15.1. The lowest BCUT2D eigenvalue weighted by Crippen LogP contribution is -2.33. The third-order valence-corrected chi connectivity index (χ3v) is 3.25. The van der Waals surface area contributed by atoms with E-state index in [-0.39, 0.29) is 0 Å². The summed E-state index contributed by atoms with van der Waals surface area (Å²) in [4.78, 5) is 6.31. The van der Waals surface area contributed by atoms with Crippen molar-refractivity contribution in [2.45, 2.75) is 19.3 Å². The maximum absolute atomic E-state index is 8.80. The van der Waals surface area contributed by atoms with E-state index in [9.17, 15) is 0 Å². The maximum atomic E-state index is 8.80. The Kier molecular flexibility index (Phi) is 3.40. The zero-order valence-corrected chi connectivity index (χ0v) is 9.39. The van der Waals surface area contributed by atoms with Crippen molar-refractivity contribution in [3.63, 3.8) is 0 Å². The van der Waals surface area contributed by atoms with Gasteiger partial charge in [0.2, 0.25) is 0 Å². The lowest BCUT2D eigenvalue weighted by atomic mass is 9.94. The summed E-state index contributed by atoms with van der Waals surface area (Å²) >= 11 is 0. The highest BCUT2D eigenvalue weighted by molar-refractivity contribution is 5.48. The second-order valence-corrected chi connectivity index (χ2v) is 4.23. The number of piperidine rings is 1. The first kappa shape index (κ1) is 10.9. The van der Waals surface area contributed by atoms with Crippen molar-refractivity contribution in [2.75, 3.05) is 18.0 Å². The van der Waals surface area contributed by atoms with Crippen molar-refractivity contribution in [3.05, 3.63) is 30.9 Å². The number of nitriles is 1. The number of hydrogen-bond donors (Lipinski definition) is 0. The average molecular weight is 214 g/mol. The van der Waals surface area contributed by atoms with Crippen molar-refractivity contribution in [1.29, 1.82) is 5.26 Å². The first-order valence-electron chi connectivity index (χ1n) is 5.74. The molecule has 1 saturated heterocycles. The highest BCUT2D eigenvalue weighted by Crippen LogP contribution is 2.24. The van der Waals surface area contributed by atoms with Gasteiger partial charge in [0.15, 0.2) is 0 Å². The Labute approximate surface area is 96.7 Å². The molecule has 1 fully saturated rings. The summed E-state index contributed by atoms with van der Waals surface area (Å²) in [6.07, 6.45) is 5.15. The average Bonchev–Trinajstić information content (AvgIpc) is 2.39. The van der Waals surface area contributed by atoms with Gasteiger partial charge in [0.25, 0.3) is 0 Å². The molecule has 1 aromatic rings. The van der Waals surface area contributed by atoms with Gasteiger partial charge < -0.3 is 4.90 Å². The molecule has 1 radical (unpaired) electrons. The van der Waals surface area contributed by atoms with Crippen LogP contribution in [-0.4, -0.2) is 18.1 Å². The van der Waals surface area contributed by atoms with E-state index in [0.717, 1.165) is 31.1 Å². The molecule has 1 aliphatic heterocycles. The third kappa shape index (κ3) is 2.33. The summed E-state index contributed by atoms with van der Waals surface area (Å²) in [5, 5.41) is 8.80. The molecule has 0 aliphatic carbocycles. The normalized spacial score (nSPS) is 17.1. The van der Waals surface area contributed by atoms with Crippen LogP contribution >= 0.6 is 0 Å². The molecule has 0 N–H and O–H groups in total. The summed E-state index contributed by atoms with van der Waals surface area (Å²) < 4.78 is 0. The summed E-state index contributed by atoms with van der Waals surface area (Å²) in [7, 11) is 0. The first-order valence-corrected chi connectivity index (χ1v) is 5.74. The van der Waals surface area contributed by atoms with Gasteiger partial charge in [-0.3, -0.25) is 0 Å². The monoisotopic (exact) mass is 214 g/mol. The van der Waals surface area contributed by atoms with Gasteiger partial charge in [-0.2, -0.15) is 5.26 Å². The minimum Gasteiger partial charge on any atom is -0.371 e. The third-order valence-electron chi connectivity index (χ3n) is 3.25. The van der Waals surface area contributed by atoms with Crippen LogP contribution < -0.4 is 4.90 Å². The zero-order valence-electron chi connectivity index (χ0n) is 9.39. The van der Waals surface area contributed by atoms with E-state index < -0.39 is 0 Å². The van der Waals surface area contributed by atoms with Crippen LogP contribution in [0, 0.1) is 24.2 Å². The second kappa shape index (κ2) is 4.98. The smallest absolute Gasteiger partial charge is 0.142 e. The summed E-state index contributed by atoms with van der Waals surface area (Å²) in [5.41, 5.74) is 1.62. The van der Waals surface area contributed by atoms with Crippen LogP contribution in [0.2, 0.25) is 0 Å². The summed E-state index contributed by atoms with van der Waals surface area (Å²) in [6, 6.07) is 5.92. The van der Waals surface area contributed by atoms with Crippen LogP contribution in [0.4, 0.5) is 5.69 Å². The Hall–Kier alpha value is -1.56. The fourth-order valence-electron chi connectivity index (χ4n) is 2.16. The molecule has 0 atom stereocenters. The SMILES string of the molecule is [CH2]CC1CCN(c2ccnc(C#N)c2)CC1. The van der Waals surface area contributed by atoms with E-state index in [2.05, 4.69) is 22.9 Å². The number of pyridine rings is 1. The van der Waals surface area contributed by atoms with E-state index in [4.69, 9.17) is 5.26 Å². The maximum Gasteiger partial charge on any atom is 0.142 e. The number of aromatic nitrogens is 1. The lowest BCUT2D eigenvalue weighted by molar-refractivity contribution is 0.408. The second-order valence-electron chi connectivity index (χ2n) is 4.23. The van der Waals surface area contributed by atoms with Crippen molar-refractivity contribution < 1.29 is 0 Å². The Balaban J connectivity index is 2.05. The predicted octanol–water partition coefficient (Wildman–Crippen LogP) is 2.39. The molecule has 2 rings (SSSR count). The van der Waals surface area contributed by atoms with E-state index in [1.807, 2.05) is 12.1 Å². The molecule has 0 saturated carbocycles. The fourth-order valence-corrected chi connectivity index (χ4v) is 2.16. The van der Waals surface area contributed by atoms with Crippen LogP contribution in [0.1, 0.15) is 25.0 Å². The molecule has 1 aliphatic rings. The summed E-state index contributed by atoms with van der Waals surface area (Å²) in [5.74, 6) is 0.772. The van der Waals surface area contributed by atoms with Gasteiger partial charge in [-0.05, 0) is 30.9 Å². The largest absolute Gasteiger partial charge is 0.371 e. The fraction of sp³-hybridized carbons (Fsp3) is 0.462. The van der Waals surface area contributed by atoms with Crippen LogP contribution in [0.5, 0.6) is 0 Å². The molecular formula is C13H16N3. The standard InChI is InChI=1S/C13H16N3/c1-2-11-4-7-16(8-5-11)13-3-6-15-12(9-13)10-14/h3,6,9,11H,1-2,4-5,7-8H2. The van der Waals surface area contributed by atoms with Gasteiger partial charge in [0, 0.05) is 25.0 Å². The summed E-state index contributed by atoms with van der Waals surface area (Å²) in [6.45, 7) is 6.09. The topological polar surface area (TPSA) is 39.9 Å². The van der Waals surface area contributed by atoms with Crippen LogP contribution in [0.25, 0.3) is 0 Å². The molecule has 2 heterocycles. The van der Waals surface area contributed by atoms with E-state index in [0.29, 0.717) is 5.69 Å². The molecule has 0 unspecified atom stereocenters. The first-order chi connectivity index (χ1) is 7.83. The van der Waals surface area contributed by atoms with Crippen molar-refractivity contribution in [2.24, 2.45) is 5.92 Å². The number of anilines is 1. The minimum absolute atomic E-state index is 0.497. The van der Waals surface area contributed by atoms with Crippen LogP contribution in [0.15, 0.2) is 18.3 Å². The van der Waals surface area contributed by atoms with Crippen molar-refractivity contribution in [3.8, 4) is 6.07 Å². The number of nitrogens with zero attached hydrogens (tertiary/aromatic N) is 3. The predicted molar refractivity (Wildman–Crippen MR) is 63.9 cm³/mol. The van der Waals surface area contributed by atoms with Gasteiger partial charge in [-0.1, -0.05) is 13.3 Å². The molecule has 0 spiro atoms. The highest BCUT2D eigenvalue weighted by Gasteiger charge is 2.18. The molecule has 0 bridgehead atoms. The minimum atomic E-state index is 0.497. The molecule has 0 aromatic carbocycles. The van der Waals surface area contributed by atoms with Crippen molar-refractivity contribution >= 4 is 5.69 Å². The quantitative estimate of drug-likeness (QED) is 0.759. The van der Waals surface area contributed by atoms with Gasteiger partial charge in [0.1, 0.15) is 11.8 Å². The Bertz CT molecular complexity index is 386. The molecule has 1 aromatic heterocycles. The molecule has 0 amide bonds. The number of rotatable bonds is 2. The molecule has 16 heavy (non-hydrogen) atoms. The number of hydrogen-bond acceptors (Lipinski definition) is 3. The van der Waals surface area contributed by atoms with Crippen LogP contribution in [-0.2, 0) is 0 Å². The lowest BCUT2D eigenvalue weighted by Gasteiger charge is -2.33.